The van der Waals surface area contributed by atoms with Gasteiger partial charge in [-0.3, -0.25) is 9.69 Å². The van der Waals surface area contributed by atoms with Crippen molar-refractivity contribution in [2.45, 2.75) is 70.0 Å². The van der Waals surface area contributed by atoms with Gasteiger partial charge in [-0.2, -0.15) is 0 Å². The highest BCUT2D eigenvalue weighted by molar-refractivity contribution is 5.93. The number of piperidine rings is 1. The first-order valence-electron chi connectivity index (χ1n) is 10.9. The van der Waals surface area contributed by atoms with Crippen molar-refractivity contribution in [3.05, 3.63) is 11.4 Å². The molecule has 0 radical (unpaired) electrons. The number of halogens is 2. The number of nitrogens with one attached hydrogen (secondary N) is 2. The highest BCUT2D eigenvalue weighted by Crippen LogP contribution is 2.38. The number of carbonyl (C=O) groups excluding carboxylic acids is 1. The molecule has 8 nitrogen and oxygen atoms in total. The molecule has 2 saturated heterocycles. The Morgan fingerprint density at radius 1 is 1.20 bits per heavy atom. The Morgan fingerprint density at radius 3 is 2.47 bits per heavy atom. The molecule has 1 saturated carbocycles. The van der Waals surface area contributed by atoms with Gasteiger partial charge in [0.15, 0.2) is 5.69 Å². The number of carbonyl (C=O) groups is 1. The van der Waals surface area contributed by atoms with Gasteiger partial charge in [0.05, 0.1) is 24.9 Å². The van der Waals surface area contributed by atoms with Gasteiger partial charge >= 0.3 is 0 Å². The third kappa shape index (κ3) is 4.93. The highest BCUT2D eigenvalue weighted by atomic mass is 35.5. The predicted molar refractivity (Wildman–Crippen MR) is 121 cm³/mol. The quantitative estimate of drug-likeness (QED) is 0.696. The lowest BCUT2D eigenvalue weighted by atomic mass is 9.86. The minimum absolute atomic E-state index is 0. The van der Waals surface area contributed by atoms with E-state index in [2.05, 4.69) is 32.8 Å². The molecule has 172 valence electrons. The lowest BCUT2D eigenvalue weighted by Crippen LogP contribution is -2.62. The van der Waals surface area contributed by atoms with Gasteiger partial charge < -0.3 is 15.4 Å². The van der Waals surface area contributed by atoms with E-state index in [9.17, 15) is 4.79 Å². The van der Waals surface area contributed by atoms with Crippen molar-refractivity contribution in [2.24, 2.45) is 0 Å². The second-order valence-corrected chi connectivity index (χ2v) is 8.55. The standard InChI is InChI=1S/C20H34N6O2.2ClH/c1-15-18(23-24-26(15)17-5-9-21-10-6-17)19(27)22-16(2)20(7-3-4-8-20)25-11-13-28-14-12-25;;/h16-17,21H,3-14H2,1-2H3,(H,22,27);2*1H. The summed E-state index contributed by atoms with van der Waals surface area (Å²) in [5.74, 6) is -0.0929. The SMILES string of the molecule is Cc1c(C(=O)NC(C)C2(N3CCOCC3)CCCC2)nnn1C1CCNCC1.Cl.Cl. The zero-order chi connectivity index (χ0) is 19.6. The molecule has 1 amide bonds. The molecule has 3 fully saturated rings. The topological polar surface area (TPSA) is 84.3 Å². The first kappa shape index (κ1) is 25.3. The molecule has 30 heavy (non-hydrogen) atoms. The van der Waals surface area contributed by atoms with E-state index in [0.29, 0.717) is 11.7 Å². The number of nitrogens with zero attached hydrogens (tertiary/aromatic N) is 4. The molecular formula is C20H36Cl2N6O2. The summed E-state index contributed by atoms with van der Waals surface area (Å²) in [6, 6.07) is 0.409. The molecule has 0 aromatic carbocycles. The van der Waals surface area contributed by atoms with Crippen molar-refractivity contribution in [1.82, 2.24) is 30.5 Å². The maximum atomic E-state index is 13.1. The van der Waals surface area contributed by atoms with Crippen molar-refractivity contribution >= 4 is 30.7 Å². The number of hydrogen-bond acceptors (Lipinski definition) is 6. The molecule has 3 aliphatic rings. The molecular weight excluding hydrogens is 427 g/mol. The van der Waals surface area contributed by atoms with E-state index in [1.54, 1.807) is 0 Å². The minimum atomic E-state index is -0.0929. The number of rotatable bonds is 5. The Bertz CT molecular complexity index is 683. The molecule has 1 atom stereocenters. The van der Waals surface area contributed by atoms with E-state index in [1.807, 2.05) is 11.6 Å². The van der Waals surface area contributed by atoms with Crippen LogP contribution in [-0.4, -0.2) is 76.8 Å². The third-order valence-corrected chi connectivity index (χ3v) is 7.06. The molecule has 0 bridgehead atoms. The Balaban J connectivity index is 0.00000160. The first-order chi connectivity index (χ1) is 13.6. The van der Waals surface area contributed by atoms with Crippen LogP contribution in [0, 0.1) is 6.92 Å². The van der Waals surface area contributed by atoms with Crippen molar-refractivity contribution < 1.29 is 9.53 Å². The fourth-order valence-corrected chi connectivity index (χ4v) is 5.37. The van der Waals surface area contributed by atoms with Crippen LogP contribution < -0.4 is 10.6 Å². The van der Waals surface area contributed by atoms with Gasteiger partial charge in [-0.15, -0.1) is 29.9 Å². The van der Waals surface area contributed by atoms with Gasteiger partial charge in [-0.1, -0.05) is 18.1 Å². The van der Waals surface area contributed by atoms with E-state index in [0.717, 1.165) is 70.8 Å². The summed E-state index contributed by atoms with van der Waals surface area (Å²) in [4.78, 5) is 15.6. The first-order valence-corrected chi connectivity index (χ1v) is 10.9. The van der Waals surface area contributed by atoms with Gasteiger partial charge in [-0.05, 0) is 52.6 Å². The zero-order valence-electron chi connectivity index (χ0n) is 18.1. The van der Waals surface area contributed by atoms with Gasteiger partial charge in [0.2, 0.25) is 0 Å². The molecule has 1 aromatic heterocycles. The highest BCUT2D eigenvalue weighted by Gasteiger charge is 2.45. The second-order valence-electron chi connectivity index (χ2n) is 8.55. The summed E-state index contributed by atoms with van der Waals surface area (Å²) in [5.41, 5.74) is 1.39. The summed E-state index contributed by atoms with van der Waals surface area (Å²) in [7, 11) is 0. The number of amides is 1. The van der Waals surface area contributed by atoms with E-state index in [-0.39, 0.29) is 42.3 Å². The van der Waals surface area contributed by atoms with Crippen LogP contribution in [0.3, 0.4) is 0 Å². The summed E-state index contributed by atoms with van der Waals surface area (Å²) in [6.07, 6.45) is 6.78. The molecule has 2 N–H and O–H groups in total. The zero-order valence-corrected chi connectivity index (χ0v) is 19.7. The fourth-order valence-electron chi connectivity index (χ4n) is 5.37. The molecule has 1 aliphatic carbocycles. The molecule has 3 heterocycles. The smallest absolute Gasteiger partial charge is 0.274 e. The lowest BCUT2D eigenvalue weighted by molar-refractivity contribution is -0.0323. The molecule has 1 unspecified atom stereocenters. The van der Waals surface area contributed by atoms with Gasteiger partial charge in [0.25, 0.3) is 5.91 Å². The van der Waals surface area contributed by atoms with Gasteiger partial charge in [0, 0.05) is 24.7 Å². The monoisotopic (exact) mass is 462 g/mol. The van der Waals surface area contributed by atoms with E-state index >= 15 is 0 Å². The Labute approximate surface area is 191 Å². The molecule has 1 aromatic rings. The number of hydrogen-bond donors (Lipinski definition) is 2. The van der Waals surface area contributed by atoms with Crippen LogP contribution in [0.25, 0.3) is 0 Å². The van der Waals surface area contributed by atoms with Crippen LogP contribution in [0.2, 0.25) is 0 Å². The Hall–Kier alpha value is -0.930. The predicted octanol–water partition coefficient (Wildman–Crippen LogP) is 2.12. The lowest BCUT2D eigenvalue weighted by Gasteiger charge is -2.47. The number of aromatic nitrogens is 3. The maximum Gasteiger partial charge on any atom is 0.274 e. The van der Waals surface area contributed by atoms with Gasteiger partial charge in [-0.25, -0.2) is 4.68 Å². The number of ether oxygens (including phenoxy) is 1. The van der Waals surface area contributed by atoms with Crippen molar-refractivity contribution in [3.63, 3.8) is 0 Å². The second kappa shape index (κ2) is 11.1. The van der Waals surface area contributed by atoms with Crippen molar-refractivity contribution in [1.29, 1.82) is 0 Å². The van der Waals surface area contributed by atoms with Crippen LogP contribution in [0.5, 0.6) is 0 Å². The van der Waals surface area contributed by atoms with Crippen LogP contribution in [0.1, 0.15) is 67.7 Å². The summed E-state index contributed by atoms with van der Waals surface area (Å²) >= 11 is 0. The van der Waals surface area contributed by atoms with Crippen LogP contribution >= 0.6 is 24.8 Å². The molecule has 10 heteroatoms. The summed E-state index contributed by atoms with van der Waals surface area (Å²) in [5, 5.41) is 15.2. The van der Waals surface area contributed by atoms with Crippen molar-refractivity contribution in [3.8, 4) is 0 Å². The van der Waals surface area contributed by atoms with Crippen LogP contribution in [0.4, 0.5) is 0 Å². The summed E-state index contributed by atoms with van der Waals surface area (Å²) in [6.45, 7) is 9.57. The van der Waals surface area contributed by atoms with E-state index in [4.69, 9.17) is 4.74 Å². The maximum absolute atomic E-state index is 13.1. The van der Waals surface area contributed by atoms with Gasteiger partial charge in [0.1, 0.15) is 0 Å². The molecule has 0 spiro atoms. The average molecular weight is 463 g/mol. The van der Waals surface area contributed by atoms with Crippen LogP contribution in [0.15, 0.2) is 0 Å². The third-order valence-electron chi connectivity index (χ3n) is 7.06. The largest absolute Gasteiger partial charge is 0.379 e. The van der Waals surface area contributed by atoms with Crippen LogP contribution in [-0.2, 0) is 4.74 Å². The summed E-state index contributed by atoms with van der Waals surface area (Å²) < 4.78 is 7.51. The fraction of sp³-hybridized carbons (Fsp3) is 0.850. The van der Waals surface area contributed by atoms with E-state index < -0.39 is 0 Å². The van der Waals surface area contributed by atoms with E-state index in [1.165, 1.54) is 12.8 Å². The minimum Gasteiger partial charge on any atom is -0.379 e. The van der Waals surface area contributed by atoms with Crippen molar-refractivity contribution in [2.75, 3.05) is 39.4 Å². The Morgan fingerprint density at radius 2 is 1.83 bits per heavy atom. The molecule has 2 aliphatic heterocycles. The normalized spacial score (nSPS) is 23.3. The number of morpholine rings is 1. The Kier molecular flexibility index (Phi) is 9.36. The molecule has 4 rings (SSSR count). The average Bonchev–Trinajstić information content (AvgIpc) is 3.37.